The summed E-state index contributed by atoms with van der Waals surface area (Å²) in [5.74, 6) is 0.0198. The van der Waals surface area contributed by atoms with E-state index >= 15 is 0 Å². The van der Waals surface area contributed by atoms with E-state index in [4.69, 9.17) is 9.47 Å². The molecule has 0 radical (unpaired) electrons. The molecular weight excluding hydrogens is 571 g/mol. The molecule has 220 valence electrons. The highest BCUT2D eigenvalue weighted by atomic mass is 32.1. The van der Waals surface area contributed by atoms with Crippen molar-refractivity contribution < 1.29 is 32.2 Å². The molecule has 0 atom stereocenters. The molecule has 0 unspecified atom stereocenters. The van der Waals surface area contributed by atoms with Crippen molar-refractivity contribution in [2.24, 2.45) is 0 Å². The van der Waals surface area contributed by atoms with Gasteiger partial charge in [0.1, 0.15) is 23.7 Å². The number of aromatic nitrogens is 2. The van der Waals surface area contributed by atoms with Crippen LogP contribution in [0, 0.1) is 0 Å². The zero-order valence-electron chi connectivity index (χ0n) is 22.5. The van der Waals surface area contributed by atoms with Crippen molar-refractivity contribution in [3.8, 4) is 5.75 Å². The third kappa shape index (κ3) is 5.98. The van der Waals surface area contributed by atoms with Gasteiger partial charge in [-0.15, -0.1) is 11.3 Å². The van der Waals surface area contributed by atoms with Crippen LogP contribution < -0.4 is 10.1 Å². The molecule has 13 heteroatoms. The fraction of sp³-hybridized carbons (Fsp3) is 0.345. The van der Waals surface area contributed by atoms with Crippen LogP contribution in [0.1, 0.15) is 36.9 Å². The Labute approximate surface area is 243 Å². The van der Waals surface area contributed by atoms with Crippen LogP contribution in [-0.2, 0) is 23.9 Å². The second-order valence-electron chi connectivity index (χ2n) is 10.1. The molecule has 1 N–H and O–H groups in total. The van der Waals surface area contributed by atoms with E-state index in [0.29, 0.717) is 48.8 Å². The van der Waals surface area contributed by atoms with Crippen molar-refractivity contribution in [3.05, 3.63) is 81.4 Å². The highest BCUT2D eigenvalue weighted by Crippen LogP contribution is 2.32. The second kappa shape index (κ2) is 11.7. The van der Waals surface area contributed by atoms with Gasteiger partial charge in [-0.05, 0) is 36.2 Å². The van der Waals surface area contributed by atoms with Gasteiger partial charge in [0.15, 0.2) is 0 Å². The lowest BCUT2D eigenvalue weighted by molar-refractivity contribution is -0.137. The van der Waals surface area contributed by atoms with E-state index in [2.05, 4.69) is 15.2 Å². The number of hydrogen-bond donors (Lipinski definition) is 1. The number of ether oxygens (including phenoxy) is 2. The molecule has 0 aliphatic carbocycles. The fourth-order valence-corrected chi connectivity index (χ4v) is 6.25. The zero-order valence-corrected chi connectivity index (χ0v) is 23.3. The van der Waals surface area contributed by atoms with Gasteiger partial charge in [0.2, 0.25) is 0 Å². The van der Waals surface area contributed by atoms with E-state index in [-0.39, 0.29) is 11.6 Å². The molecule has 9 nitrogen and oxygen atoms in total. The number of halogens is 3. The number of carbonyl (C=O) groups is 2. The normalized spacial score (nSPS) is 15.9. The summed E-state index contributed by atoms with van der Waals surface area (Å²) < 4.78 is 52.2. The number of benzene rings is 1. The van der Waals surface area contributed by atoms with Gasteiger partial charge in [-0.25, -0.2) is 4.98 Å². The maximum atomic E-state index is 13.5. The molecule has 42 heavy (non-hydrogen) atoms. The highest BCUT2D eigenvalue weighted by molar-refractivity contribution is 7.10. The monoisotopic (exact) mass is 599 g/mol. The van der Waals surface area contributed by atoms with Crippen LogP contribution in [0.2, 0.25) is 0 Å². The van der Waals surface area contributed by atoms with Gasteiger partial charge >= 0.3 is 6.18 Å². The predicted molar refractivity (Wildman–Crippen MR) is 150 cm³/mol. The van der Waals surface area contributed by atoms with Gasteiger partial charge < -0.3 is 19.7 Å². The van der Waals surface area contributed by atoms with Gasteiger partial charge in [-0.3, -0.25) is 18.9 Å². The minimum Gasteiger partial charge on any atom is -0.492 e. The first-order valence-corrected chi connectivity index (χ1v) is 14.4. The van der Waals surface area contributed by atoms with Crippen LogP contribution in [0.3, 0.4) is 0 Å². The number of amides is 2. The molecule has 0 bridgehead atoms. The SMILES string of the molecule is O=C(Nc1cccc(C(F)(F)F)c1)c1csc2c1CCN(C(=O)c1cnc3cc(OCCN4CCOCC4)ccn13)C2. The molecule has 6 rings (SSSR count). The molecule has 0 saturated carbocycles. The van der Waals surface area contributed by atoms with E-state index in [1.807, 2.05) is 6.07 Å². The van der Waals surface area contributed by atoms with E-state index in [0.717, 1.165) is 55.4 Å². The lowest BCUT2D eigenvalue weighted by Gasteiger charge is -2.27. The Morgan fingerprint density at radius 2 is 1.95 bits per heavy atom. The largest absolute Gasteiger partial charge is 0.492 e. The number of imidazole rings is 1. The molecule has 1 aromatic carbocycles. The molecular formula is C29H28F3N5O4S. The summed E-state index contributed by atoms with van der Waals surface area (Å²) in [5, 5.41) is 4.27. The van der Waals surface area contributed by atoms with Gasteiger partial charge in [0.05, 0.1) is 37.1 Å². The summed E-state index contributed by atoms with van der Waals surface area (Å²) in [7, 11) is 0. The zero-order chi connectivity index (χ0) is 29.3. The molecule has 3 aromatic heterocycles. The maximum absolute atomic E-state index is 13.5. The molecule has 5 heterocycles. The number of anilines is 1. The lowest BCUT2D eigenvalue weighted by Crippen LogP contribution is -2.38. The first kappa shape index (κ1) is 28.2. The maximum Gasteiger partial charge on any atom is 0.416 e. The van der Waals surface area contributed by atoms with E-state index in [1.165, 1.54) is 23.5 Å². The third-order valence-electron chi connectivity index (χ3n) is 7.41. The van der Waals surface area contributed by atoms with Crippen LogP contribution in [0.15, 0.2) is 54.2 Å². The van der Waals surface area contributed by atoms with Crippen molar-refractivity contribution in [3.63, 3.8) is 0 Å². The summed E-state index contributed by atoms with van der Waals surface area (Å²) >= 11 is 1.36. The lowest BCUT2D eigenvalue weighted by atomic mass is 10.0. The van der Waals surface area contributed by atoms with Crippen LogP contribution in [0.25, 0.3) is 5.65 Å². The van der Waals surface area contributed by atoms with Gasteiger partial charge in [0.25, 0.3) is 11.8 Å². The smallest absolute Gasteiger partial charge is 0.416 e. The van der Waals surface area contributed by atoms with Crippen LogP contribution >= 0.6 is 11.3 Å². The standard InChI is InChI=1S/C29H28F3N5O4S/c30-29(31,32)19-2-1-3-20(14-19)34-27(38)23-18-42-25-17-36(6-5-22(23)25)28(39)24-16-33-26-15-21(4-7-37(24)26)41-13-10-35-8-11-40-12-9-35/h1-4,7,14-16,18H,5-6,8-13,17H2,(H,34,38). The molecule has 0 spiro atoms. The van der Waals surface area contributed by atoms with E-state index in [1.54, 1.807) is 33.1 Å². The Hall–Kier alpha value is -3.94. The van der Waals surface area contributed by atoms with Crippen molar-refractivity contribution in [1.29, 1.82) is 0 Å². The van der Waals surface area contributed by atoms with Crippen LogP contribution in [-0.4, -0.2) is 77.0 Å². The number of nitrogens with one attached hydrogen (secondary N) is 1. The van der Waals surface area contributed by atoms with Crippen molar-refractivity contribution >= 4 is 34.5 Å². The Kier molecular flexibility index (Phi) is 7.88. The quantitative estimate of drug-likeness (QED) is 0.335. The Morgan fingerprint density at radius 3 is 2.76 bits per heavy atom. The number of fused-ring (bicyclic) bond motifs is 2. The highest BCUT2D eigenvalue weighted by Gasteiger charge is 2.31. The van der Waals surface area contributed by atoms with E-state index in [9.17, 15) is 22.8 Å². The first-order chi connectivity index (χ1) is 20.3. The Balaban J connectivity index is 1.09. The molecule has 2 amide bonds. The van der Waals surface area contributed by atoms with E-state index < -0.39 is 17.6 Å². The van der Waals surface area contributed by atoms with Crippen molar-refractivity contribution in [1.82, 2.24) is 19.2 Å². The third-order valence-corrected chi connectivity index (χ3v) is 8.42. The van der Waals surface area contributed by atoms with Crippen LogP contribution in [0.4, 0.5) is 18.9 Å². The van der Waals surface area contributed by atoms with Gasteiger partial charge in [-0.2, -0.15) is 13.2 Å². The number of thiophene rings is 1. The second-order valence-corrected chi connectivity index (χ2v) is 11.1. The molecule has 2 aliphatic rings. The summed E-state index contributed by atoms with van der Waals surface area (Å²) in [6, 6.07) is 8.16. The minimum atomic E-state index is -4.50. The van der Waals surface area contributed by atoms with Gasteiger partial charge in [0, 0.05) is 54.4 Å². The fourth-order valence-electron chi connectivity index (χ4n) is 5.15. The van der Waals surface area contributed by atoms with Crippen LogP contribution in [0.5, 0.6) is 5.75 Å². The number of nitrogens with zero attached hydrogens (tertiary/aromatic N) is 4. The average Bonchev–Trinajstić information content (AvgIpc) is 3.61. The number of rotatable bonds is 7. The first-order valence-electron chi connectivity index (χ1n) is 13.5. The number of carbonyl (C=O) groups excluding carboxylic acids is 2. The number of alkyl halides is 3. The molecule has 2 aliphatic heterocycles. The topological polar surface area (TPSA) is 88.4 Å². The Bertz CT molecular complexity index is 1610. The molecule has 1 fully saturated rings. The molecule has 4 aromatic rings. The van der Waals surface area contributed by atoms with Gasteiger partial charge in [-0.1, -0.05) is 6.07 Å². The summed E-state index contributed by atoms with van der Waals surface area (Å²) in [5.41, 5.74) is 1.49. The van der Waals surface area contributed by atoms with Crippen molar-refractivity contribution in [2.45, 2.75) is 19.1 Å². The summed E-state index contributed by atoms with van der Waals surface area (Å²) in [4.78, 5) is 35.7. The molecule has 1 saturated heterocycles. The summed E-state index contributed by atoms with van der Waals surface area (Å²) in [6.07, 6.45) is -0.727. The number of pyridine rings is 1. The average molecular weight is 600 g/mol. The van der Waals surface area contributed by atoms with Crippen molar-refractivity contribution in [2.75, 3.05) is 51.3 Å². The summed E-state index contributed by atoms with van der Waals surface area (Å²) in [6.45, 7) is 5.33. The number of morpholine rings is 1. The minimum absolute atomic E-state index is 0.0701. The predicted octanol–water partition coefficient (Wildman–Crippen LogP) is 4.58. The Morgan fingerprint density at radius 1 is 1.12 bits per heavy atom. The number of hydrogen-bond acceptors (Lipinski definition) is 7.